The van der Waals surface area contributed by atoms with Crippen LogP contribution in [0.1, 0.15) is 19.2 Å². The lowest BCUT2D eigenvalue weighted by Crippen LogP contribution is -2.46. The van der Waals surface area contributed by atoms with E-state index in [1.54, 1.807) is 14.0 Å². The van der Waals surface area contributed by atoms with E-state index in [1.165, 1.54) is 11.2 Å². The second kappa shape index (κ2) is 5.83. The number of carbonyl (C=O) groups is 2. The molecule has 0 spiro atoms. The van der Waals surface area contributed by atoms with Crippen LogP contribution in [0.2, 0.25) is 0 Å². The van der Waals surface area contributed by atoms with Crippen LogP contribution in [0.4, 0.5) is 4.79 Å². The van der Waals surface area contributed by atoms with Gasteiger partial charge in [0, 0.05) is 7.05 Å². The van der Waals surface area contributed by atoms with Crippen LogP contribution in [-0.2, 0) is 11.3 Å². The number of amides is 2. The maximum Gasteiger partial charge on any atom is 0.326 e. The molecular formula is C9H15N5O3. The topological polar surface area (TPSA) is 111 Å². The third kappa shape index (κ3) is 3.74. The second-order valence-electron chi connectivity index (χ2n) is 3.54. The Kier molecular flexibility index (Phi) is 4.44. The highest BCUT2D eigenvalue weighted by molar-refractivity contribution is 5.82. The number of nitrogens with zero attached hydrogens (tertiary/aromatic N) is 3. The standard InChI is InChI=1S/C9H15N5O3/c1-3-6(8(15)16)12-9(17)14(2)4-7-10-5-11-13-7/h5-6H,3-4H2,1-2H3,(H,12,17)(H,15,16)(H,10,11,13)/t6-/m0/s1. The highest BCUT2D eigenvalue weighted by atomic mass is 16.4. The molecule has 0 bridgehead atoms. The summed E-state index contributed by atoms with van der Waals surface area (Å²) < 4.78 is 0. The van der Waals surface area contributed by atoms with Crippen molar-refractivity contribution in [2.45, 2.75) is 25.9 Å². The first kappa shape index (κ1) is 12.9. The first-order chi connectivity index (χ1) is 8.04. The average molecular weight is 241 g/mol. The van der Waals surface area contributed by atoms with Gasteiger partial charge in [-0.3, -0.25) is 5.10 Å². The molecule has 0 aromatic carbocycles. The first-order valence-corrected chi connectivity index (χ1v) is 5.13. The Balaban J connectivity index is 2.49. The molecule has 1 rings (SSSR count). The van der Waals surface area contributed by atoms with Crippen molar-refractivity contribution >= 4 is 12.0 Å². The molecule has 0 saturated carbocycles. The van der Waals surface area contributed by atoms with Crippen molar-refractivity contribution in [1.82, 2.24) is 25.4 Å². The van der Waals surface area contributed by atoms with Crippen LogP contribution < -0.4 is 5.32 Å². The summed E-state index contributed by atoms with van der Waals surface area (Å²) in [5, 5.41) is 17.5. The molecule has 8 nitrogen and oxygen atoms in total. The van der Waals surface area contributed by atoms with E-state index >= 15 is 0 Å². The molecule has 0 aliphatic heterocycles. The Hall–Kier alpha value is -2.12. The zero-order valence-electron chi connectivity index (χ0n) is 9.67. The fourth-order valence-corrected chi connectivity index (χ4v) is 1.20. The van der Waals surface area contributed by atoms with Gasteiger partial charge in [-0.25, -0.2) is 14.6 Å². The fourth-order valence-electron chi connectivity index (χ4n) is 1.20. The van der Waals surface area contributed by atoms with Crippen LogP contribution in [0.25, 0.3) is 0 Å². The molecule has 1 aromatic heterocycles. The van der Waals surface area contributed by atoms with Crippen LogP contribution in [0.5, 0.6) is 0 Å². The van der Waals surface area contributed by atoms with Crippen LogP contribution in [0.15, 0.2) is 6.33 Å². The lowest BCUT2D eigenvalue weighted by molar-refractivity contribution is -0.139. The van der Waals surface area contributed by atoms with Gasteiger partial charge in [-0.15, -0.1) is 0 Å². The van der Waals surface area contributed by atoms with Gasteiger partial charge in [0.25, 0.3) is 0 Å². The number of aromatic nitrogens is 3. The van der Waals surface area contributed by atoms with E-state index in [2.05, 4.69) is 20.5 Å². The lowest BCUT2D eigenvalue weighted by Gasteiger charge is -2.19. The number of hydrogen-bond acceptors (Lipinski definition) is 4. The molecule has 8 heteroatoms. The van der Waals surface area contributed by atoms with Crippen molar-refractivity contribution in [2.75, 3.05) is 7.05 Å². The molecule has 94 valence electrons. The van der Waals surface area contributed by atoms with E-state index in [4.69, 9.17) is 5.11 Å². The molecule has 0 fully saturated rings. The molecule has 0 aliphatic rings. The minimum absolute atomic E-state index is 0.238. The first-order valence-electron chi connectivity index (χ1n) is 5.13. The third-order valence-electron chi connectivity index (χ3n) is 2.20. The van der Waals surface area contributed by atoms with E-state index < -0.39 is 18.0 Å². The summed E-state index contributed by atoms with van der Waals surface area (Å²) in [6.07, 6.45) is 1.67. The van der Waals surface area contributed by atoms with Gasteiger partial charge in [0.2, 0.25) is 0 Å². The summed E-state index contributed by atoms with van der Waals surface area (Å²) in [6.45, 7) is 1.93. The number of nitrogens with one attached hydrogen (secondary N) is 2. The monoisotopic (exact) mass is 241 g/mol. The number of aromatic amines is 1. The molecule has 1 heterocycles. The number of carboxylic acid groups (broad SMARTS) is 1. The van der Waals surface area contributed by atoms with Crippen LogP contribution in [0.3, 0.4) is 0 Å². The minimum atomic E-state index is -1.05. The van der Waals surface area contributed by atoms with E-state index in [-0.39, 0.29) is 6.54 Å². The molecule has 0 radical (unpaired) electrons. The Bertz CT molecular complexity index is 378. The van der Waals surface area contributed by atoms with Crippen LogP contribution in [-0.4, -0.2) is 50.3 Å². The van der Waals surface area contributed by atoms with E-state index in [0.29, 0.717) is 12.2 Å². The Morgan fingerprint density at radius 1 is 1.65 bits per heavy atom. The highest BCUT2D eigenvalue weighted by Crippen LogP contribution is 1.97. The molecule has 0 aliphatic carbocycles. The quantitative estimate of drug-likeness (QED) is 0.661. The van der Waals surface area contributed by atoms with Gasteiger partial charge in [0.1, 0.15) is 18.2 Å². The zero-order chi connectivity index (χ0) is 12.8. The van der Waals surface area contributed by atoms with Gasteiger partial charge in [0.15, 0.2) is 0 Å². The van der Waals surface area contributed by atoms with Gasteiger partial charge in [-0.05, 0) is 6.42 Å². The molecule has 1 aromatic rings. The van der Waals surface area contributed by atoms with Gasteiger partial charge in [-0.1, -0.05) is 6.92 Å². The summed E-state index contributed by atoms with van der Waals surface area (Å²) in [5.41, 5.74) is 0. The van der Waals surface area contributed by atoms with Crippen molar-refractivity contribution in [2.24, 2.45) is 0 Å². The van der Waals surface area contributed by atoms with Gasteiger partial charge < -0.3 is 15.3 Å². The number of rotatable bonds is 5. The van der Waals surface area contributed by atoms with Crippen molar-refractivity contribution in [3.8, 4) is 0 Å². The van der Waals surface area contributed by atoms with Crippen LogP contribution in [0, 0.1) is 0 Å². The molecule has 17 heavy (non-hydrogen) atoms. The van der Waals surface area contributed by atoms with Crippen LogP contribution >= 0.6 is 0 Å². The maximum absolute atomic E-state index is 11.6. The Morgan fingerprint density at radius 2 is 2.35 bits per heavy atom. The second-order valence-corrected chi connectivity index (χ2v) is 3.54. The zero-order valence-corrected chi connectivity index (χ0v) is 9.67. The highest BCUT2D eigenvalue weighted by Gasteiger charge is 2.20. The molecule has 2 amide bonds. The van der Waals surface area contributed by atoms with E-state index in [1.807, 2.05) is 0 Å². The summed E-state index contributed by atoms with van der Waals surface area (Å²) in [5.74, 6) is -0.514. The van der Waals surface area contributed by atoms with Crippen molar-refractivity contribution in [3.05, 3.63) is 12.2 Å². The van der Waals surface area contributed by atoms with Gasteiger partial charge >= 0.3 is 12.0 Å². The average Bonchev–Trinajstić information content (AvgIpc) is 2.77. The fraction of sp³-hybridized carbons (Fsp3) is 0.556. The smallest absolute Gasteiger partial charge is 0.326 e. The SMILES string of the molecule is CC[C@H](NC(=O)N(C)Cc1ncn[nH]1)C(=O)O. The normalized spacial score (nSPS) is 11.9. The summed E-state index contributed by atoms with van der Waals surface area (Å²) >= 11 is 0. The van der Waals surface area contributed by atoms with Gasteiger partial charge in [0.05, 0.1) is 6.54 Å². The molecule has 1 atom stereocenters. The number of carbonyl (C=O) groups excluding carboxylic acids is 1. The van der Waals surface area contributed by atoms with E-state index in [0.717, 1.165) is 0 Å². The number of H-pyrrole nitrogens is 1. The molecule has 0 saturated heterocycles. The van der Waals surface area contributed by atoms with Gasteiger partial charge in [-0.2, -0.15) is 5.10 Å². The lowest BCUT2D eigenvalue weighted by atomic mass is 10.2. The number of carboxylic acids is 1. The number of hydrogen-bond donors (Lipinski definition) is 3. The Morgan fingerprint density at radius 3 is 2.82 bits per heavy atom. The Labute approximate surface area is 98.0 Å². The predicted octanol–water partition coefficient (Wildman–Crippen LogP) is -0.191. The summed E-state index contributed by atoms with van der Waals surface area (Å²) in [7, 11) is 1.55. The largest absolute Gasteiger partial charge is 0.480 e. The number of aliphatic carboxylic acids is 1. The third-order valence-corrected chi connectivity index (χ3v) is 2.20. The number of urea groups is 1. The summed E-state index contributed by atoms with van der Waals surface area (Å²) in [6, 6.07) is -1.34. The molecular weight excluding hydrogens is 226 g/mol. The van der Waals surface area contributed by atoms with E-state index in [9.17, 15) is 9.59 Å². The molecule has 0 unspecified atom stereocenters. The molecule has 3 N–H and O–H groups in total. The van der Waals surface area contributed by atoms with Crippen molar-refractivity contribution in [3.63, 3.8) is 0 Å². The summed E-state index contributed by atoms with van der Waals surface area (Å²) in [4.78, 5) is 27.6. The van der Waals surface area contributed by atoms with Crippen molar-refractivity contribution in [1.29, 1.82) is 0 Å². The maximum atomic E-state index is 11.6. The minimum Gasteiger partial charge on any atom is -0.480 e. The van der Waals surface area contributed by atoms with Crippen molar-refractivity contribution < 1.29 is 14.7 Å². The predicted molar refractivity (Wildman–Crippen MR) is 58.1 cm³/mol.